The fourth-order valence-electron chi connectivity index (χ4n) is 1.74. The topological polar surface area (TPSA) is 38.2 Å². The van der Waals surface area contributed by atoms with Crippen LogP contribution >= 0.6 is 0 Å². The molecule has 1 atom stereocenters. The number of hydrogen-bond donors (Lipinski definition) is 1. The SMILES string of the molecule is CCCC1CCN1CCC.N. The molecule has 1 rings (SSSR count). The molecule has 68 valence electrons. The summed E-state index contributed by atoms with van der Waals surface area (Å²) in [7, 11) is 0. The molecule has 0 bridgehead atoms. The molecule has 1 saturated heterocycles. The fourth-order valence-corrected chi connectivity index (χ4v) is 1.74. The lowest BCUT2D eigenvalue weighted by molar-refractivity contribution is 0.0836. The Morgan fingerprint density at radius 2 is 2.00 bits per heavy atom. The smallest absolute Gasteiger partial charge is 0.0107 e. The molecule has 1 heterocycles. The zero-order chi connectivity index (χ0) is 7.40. The molecule has 0 spiro atoms. The van der Waals surface area contributed by atoms with E-state index in [1.807, 2.05) is 0 Å². The molecule has 3 N–H and O–H groups in total. The average molecular weight is 158 g/mol. The van der Waals surface area contributed by atoms with Gasteiger partial charge in [0.2, 0.25) is 0 Å². The normalized spacial score (nSPS) is 24.0. The van der Waals surface area contributed by atoms with Crippen LogP contribution in [0.3, 0.4) is 0 Å². The van der Waals surface area contributed by atoms with Crippen LogP contribution in [0.5, 0.6) is 0 Å². The summed E-state index contributed by atoms with van der Waals surface area (Å²) in [6.07, 6.45) is 5.54. The molecule has 1 aliphatic heterocycles. The van der Waals surface area contributed by atoms with E-state index in [1.165, 1.54) is 38.8 Å². The zero-order valence-electron chi connectivity index (χ0n) is 7.97. The van der Waals surface area contributed by atoms with Crippen LogP contribution in [0.25, 0.3) is 0 Å². The summed E-state index contributed by atoms with van der Waals surface area (Å²) in [6, 6.07) is 0.949. The van der Waals surface area contributed by atoms with Crippen molar-refractivity contribution in [3.63, 3.8) is 0 Å². The minimum Gasteiger partial charge on any atom is -0.344 e. The van der Waals surface area contributed by atoms with Crippen molar-refractivity contribution < 1.29 is 0 Å². The number of hydrogen-bond acceptors (Lipinski definition) is 2. The van der Waals surface area contributed by atoms with Crippen molar-refractivity contribution in [3.05, 3.63) is 0 Å². The van der Waals surface area contributed by atoms with E-state index in [0.29, 0.717) is 0 Å². The lowest BCUT2D eigenvalue weighted by atomic mass is 9.98. The fraction of sp³-hybridized carbons (Fsp3) is 1.00. The third kappa shape index (κ3) is 2.80. The molecule has 0 saturated carbocycles. The Morgan fingerprint density at radius 3 is 2.36 bits per heavy atom. The van der Waals surface area contributed by atoms with Gasteiger partial charge in [0.1, 0.15) is 0 Å². The average Bonchev–Trinajstić information content (AvgIpc) is 1.93. The first kappa shape index (κ1) is 10.9. The van der Waals surface area contributed by atoms with Gasteiger partial charge in [0, 0.05) is 6.04 Å². The van der Waals surface area contributed by atoms with Crippen LogP contribution in [0.4, 0.5) is 0 Å². The molecule has 0 aromatic carbocycles. The van der Waals surface area contributed by atoms with E-state index in [1.54, 1.807) is 0 Å². The summed E-state index contributed by atoms with van der Waals surface area (Å²) in [4.78, 5) is 2.61. The summed E-state index contributed by atoms with van der Waals surface area (Å²) in [5.41, 5.74) is 0. The van der Waals surface area contributed by atoms with Crippen molar-refractivity contribution >= 4 is 0 Å². The predicted molar refractivity (Wildman–Crippen MR) is 50.2 cm³/mol. The highest BCUT2D eigenvalue weighted by Crippen LogP contribution is 2.21. The molecule has 0 amide bonds. The minimum absolute atomic E-state index is 0. The third-order valence-corrected chi connectivity index (χ3v) is 2.40. The van der Waals surface area contributed by atoms with Gasteiger partial charge in [-0.15, -0.1) is 0 Å². The Kier molecular flexibility index (Phi) is 5.51. The summed E-state index contributed by atoms with van der Waals surface area (Å²) in [6.45, 7) is 7.23. The van der Waals surface area contributed by atoms with E-state index < -0.39 is 0 Å². The Labute approximate surface area is 70.5 Å². The lowest BCUT2D eigenvalue weighted by Crippen LogP contribution is -2.47. The molecule has 0 aromatic rings. The maximum Gasteiger partial charge on any atom is 0.0107 e. The second kappa shape index (κ2) is 5.56. The largest absolute Gasteiger partial charge is 0.344 e. The first-order valence-corrected chi connectivity index (χ1v) is 4.62. The van der Waals surface area contributed by atoms with E-state index in [2.05, 4.69) is 18.7 Å². The van der Waals surface area contributed by atoms with Crippen LogP contribution in [0.1, 0.15) is 39.5 Å². The quantitative estimate of drug-likeness (QED) is 0.682. The van der Waals surface area contributed by atoms with Gasteiger partial charge >= 0.3 is 0 Å². The van der Waals surface area contributed by atoms with Gasteiger partial charge in [-0.2, -0.15) is 0 Å². The summed E-state index contributed by atoms with van der Waals surface area (Å²) < 4.78 is 0. The van der Waals surface area contributed by atoms with Crippen molar-refractivity contribution in [3.8, 4) is 0 Å². The van der Waals surface area contributed by atoms with Crippen LogP contribution in [0.15, 0.2) is 0 Å². The first-order valence-electron chi connectivity index (χ1n) is 4.62. The number of likely N-dealkylation sites (tertiary alicyclic amines) is 1. The monoisotopic (exact) mass is 158 g/mol. The zero-order valence-corrected chi connectivity index (χ0v) is 7.97. The van der Waals surface area contributed by atoms with Crippen molar-refractivity contribution in [1.82, 2.24) is 11.1 Å². The first-order chi connectivity index (χ1) is 4.88. The highest BCUT2D eigenvalue weighted by atomic mass is 15.2. The van der Waals surface area contributed by atoms with Gasteiger partial charge in [-0.05, 0) is 32.4 Å². The van der Waals surface area contributed by atoms with E-state index in [-0.39, 0.29) is 6.15 Å². The Balaban J connectivity index is 0.000001000. The Bertz CT molecular complexity index is 81.6. The van der Waals surface area contributed by atoms with Crippen molar-refractivity contribution in [2.75, 3.05) is 13.1 Å². The lowest BCUT2D eigenvalue weighted by Gasteiger charge is -2.41. The molecular formula is C9H22N2. The summed E-state index contributed by atoms with van der Waals surface area (Å²) >= 11 is 0. The molecule has 2 nitrogen and oxygen atoms in total. The van der Waals surface area contributed by atoms with Crippen molar-refractivity contribution in [2.45, 2.75) is 45.6 Å². The van der Waals surface area contributed by atoms with Crippen molar-refractivity contribution in [2.24, 2.45) is 0 Å². The van der Waals surface area contributed by atoms with Gasteiger partial charge in [-0.3, -0.25) is 0 Å². The van der Waals surface area contributed by atoms with Crippen LogP contribution in [0, 0.1) is 0 Å². The van der Waals surface area contributed by atoms with E-state index in [4.69, 9.17) is 0 Å². The van der Waals surface area contributed by atoms with Gasteiger partial charge in [0.25, 0.3) is 0 Å². The van der Waals surface area contributed by atoms with Crippen molar-refractivity contribution in [1.29, 1.82) is 0 Å². The maximum atomic E-state index is 2.61. The number of nitrogens with zero attached hydrogens (tertiary/aromatic N) is 1. The van der Waals surface area contributed by atoms with E-state index in [0.717, 1.165) is 6.04 Å². The van der Waals surface area contributed by atoms with Gasteiger partial charge < -0.3 is 11.1 Å². The Morgan fingerprint density at radius 1 is 1.27 bits per heavy atom. The highest BCUT2D eigenvalue weighted by molar-refractivity contribution is 4.81. The maximum absolute atomic E-state index is 2.61. The van der Waals surface area contributed by atoms with Crippen LogP contribution < -0.4 is 6.15 Å². The second-order valence-corrected chi connectivity index (χ2v) is 3.27. The molecule has 0 aliphatic carbocycles. The molecule has 2 heteroatoms. The molecule has 1 fully saturated rings. The van der Waals surface area contributed by atoms with Gasteiger partial charge in [0.15, 0.2) is 0 Å². The standard InChI is InChI=1S/C9H19N.H3N/c1-3-5-9-6-8-10(9)7-4-2;/h9H,3-8H2,1-2H3;1H3. The number of rotatable bonds is 4. The Hall–Kier alpha value is -0.0800. The summed E-state index contributed by atoms with van der Waals surface area (Å²) in [5.74, 6) is 0. The minimum atomic E-state index is 0. The van der Waals surface area contributed by atoms with Gasteiger partial charge in [0.05, 0.1) is 0 Å². The van der Waals surface area contributed by atoms with Gasteiger partial charge in [-0.1, -0.05) is 20.3 Å². The van der Waals surface area contributed by atoms with E-state index >= 15 is 0 Å². The van der Waals surface area contributed by atoms with Crippen LogP contribution in [0.2, 0.25) is 0 Å². The molecule has 0 radical (unpaired) electrons. The molecule has 1 aliphatic rings. The van der Waals surface area contributed by atoms with E-state index in [9.17, 15) is 0 Å². The molecule has 1 unspecified atom stereocenters. The van der Waals surface area contributed by atoms with Crippen LogP contribution in [-0.2, 0) is 0 Å². The molecular weight excluding hydrogens is 136 g/mol. The third-order valence-electron chi connectivity index (χ3n) is 2.40. The summed E-state index contributed by atoms with van der Waals surface area (Å²) in [5, 5.41) is 0. The second-order valence-electron chi connectivity index (χ2n) is 3.27. The predicted octanol–water partition coefficient (Wildman–Crippen LogP) is 2.43. The highest BCUT2D eigenvalue weighted by Gasteiger charge is 2.25. The van der Waals surface area contributed by atoms with Gasteiger partial charge in [-0.25, -0.2) is 0 Å². The molecule has 11 heavy (non-hydrogen) atoms. The molecule has 0 aromatic heterocycles. The van der Waals surface area contributed by atoms with Crippen LogP contribution in [-0.4, -0.2) is 24.0 Å².